The predicted octanol–water partition coefficient (Wildman–Crippen LogP) is 6.17. The number of amides is 1. The molecule has 0 radical (unpaired) electrons. The molecule has 200 valence electrons. The van der Waals surface area contributed by atoms with E-state index in [2.05, 4.69) is 10.3 Å². The van der Waals surface area contributed by atoms with Crippen molar-refractivity contribution < 1.29 is 24.1 Å². The predicted molar refractivity (Wildman–Crippen MR) is 151 cm³/mol. The normalized spacial score (nSPS) is 18.9. The van der Waals surface area contributed by atoms with Crippen molar-refractivity contribution in [2.75, 3.05) is 18.2 Å². The van der Waals surface area contributed by atoms with Crippen molar-refractivity contribution in [2.45, 2.75) is 36.4 Å². The number of nitrogens with one attached hydrogen (secondary N) is 1. The van der Waals surface area contributed by atoms with Gasteiger partial charge < -0.3 is 24.6 Å². The second-order valence-corrected chi connectivity index (χ2v) is 10.2. The van der Waals surface area contributed by atoms with Gasteiger partial charge in [-0.2, -0.15) is 0 Å². The van der Waals surface area contributed by atoms with E-state index in [1.54, 1.807) is 37.2 Å². The molecule has 8 heteroatoms. The number of hydrogen-bond acceptors (Lipinski definition) is 7. The SMILES string of the molecule is COc1ccccc1SCC1CC(c2ccc(CO)cc2)OC(c2ccc(NC(=O)c3cccnc3)cc2)O1. The molecule has 3 atom stereocenters. The standard InChI is InChI=1S/C31H30N2O5S/c1-36-27-6-2-3-7-29(27)39-20-26-17-28(22-10-8-21(19-34)9-11-22)38-31(37-26)23-12-14-25(15-13-23)33-30(35)24-5-4-16-32-18-24/h2-16,18,26,28,31,34H,17,19-20H2,1H3,(H,33,35). The van der Waals surface area contributed by atoms with Gasteiger partial charge in [-0.1, -0.05) is 48.5 Å². The molecule has 5 rings (SSSR count). The Balaban J connectivity index is 1.32. The molecule has 0 aliphatic carbocycles. The van der Waals surface area contributed by atoms with Crippen molar-refractivity contribution in [1.82, 2.24) is 4.98 Å². The van der Waals surface area contributed by atoms with Crippen molar-refractivity contribution in [3.8, 4) is 5.75 Å². The lowest BCUT2D eigenvalue weighted by atomic mass is 10.0. The molecule has 1 aliphatic rings. The maximum absolute atomic E-state index is 12.5. The third kappa shape index (κ3) is 6.85. The van der Waals surface area contributed by atoms with E-state index in [1.165, 1.54) is 6.20 Å². The quantitative estimate of drug-likeness (QED) is 0.244. The number of carbonyl (C=O) groups is 1. The molecule has 1 saturated heterocycles. The van der Waals surface area contributed by atoms with Gasteiger partial charge in [-0.3, -0.25) is 9.78 Å². The highest BCUT2D eigenvalue weighted by Crippen LogP contribution is 2.40. The van der Waals surface area contributed by atoms with Crippen LogP contribution in [0.15, 0.2) is 102 Å². The van der Waals surface area contributed by atoms with Crippen molar-refractivity contribution in [1.29, 1.82) is 0 Å². The molecule has 3 aromatic carbocycles. The van der Waals surface area contributed by atoms with Crippen LogP contribution < -0.4 is 10.1 Å². The van der Waals surface area contributed by atoms with Crippen LogP contribution in [0.1, 0.15) is 45.9 Å². The summed E-state index contributed by atoms with van der Waals surface area (Å²) in [5.41, 5.74) is 3.91. The van der Waals surface area contributed by atoms with Gasteiger partial charge in [-0.15, -0.1) is 11.8 Å². The second-order valence-electron chi connectivity index (χ2n) is 9.13. The number of aliphatic hydroxyl groups is 1. The third-order valence-corrected chi connectivity index (χ3v) is 7.66. The number of nitrogens with zero attached hydrogens (tertiary/aromatic N) is 1. The highest BCUT2D eigenvalue weighted by molar-refractivity contribution is 7.99. The zero-order valence-electron chi connectivity index (χ0n) is 21.5. The maximum Gasteiger partial charge on any atom is 0.257 e. The number of aliphatic hydroxyl groups excluding tert-OH is 1. The van der Waals surface area contributed by atoms with Crippen LogP contribution in [0.2, 0.25) is 0 Å². The van der Waals surface area contributed by atoms with Crippen molar-refractivity contribution >= 4 is 23.4 Å². The fourth-order valence-corrected chi connectivity index (χ4v) is 5.42. The number of para-hydroxylation sites is 1. The summed E-state index contributed by atoms with van der Waals surface area (Å²) in [6.45, 7) is -0.000610. The average molecular weight is 543 g/mol. The first-order chi connectivity index (χ1) is 19.1. The Labute approximate surface area is 232 Å². The van der Waals surface area contributed by atoms with Crippen LogP contribution in [0.5, 0.6) is 5.75 Å². The average Bonchev–Trinajstić information content (AvgIpc) is 3.01. The molecule has 0 bridgehead atoms. The summed E-state index contributed by atoms with van der Waals surface area (Å²) in [6.07, 6.45) is 3.02. The van der Waals surface area contributed by atoms with Crippen LogP contribution in [-0.2, 0) is 16.1 Å². The topological polar surface area (TPSA) is 89.9 Å². The minimum absolute atomic E-state index is 0.000610. The molecule has 1 amide bonds. The van der Waals surface area contributed by atoms with E-state index < -0.39 is 6.29 Å². The van der Waals surface area contributed by atoms with Gasteiger partial charge in [0.1, 0.15) is 5.75 Å². The molecule has 2 N–H and O–H groups in total. The number of rotatable bonds is 9. The number of methoxy groups -OCH3 is 1. The van der Waals surface area contributed by atoms with E-state index >= 15 is 0 Å². The number of thioether (sulfide) groups is 1. The number of benzene rings is 3. The van der Waals surface area contributed by atoms with Crippen LogP contribution in [0.4, 0.5) is 5.69 Å². The zero-order chi connectivity index (χ0) is 27.0. The van der Waals surface area contributed by atoms with Crippen LogP contribution in [0.3, 0.4) is 0 Å². The summed E-state index contributed by atoms with van der Waals surface area (Å²) in [4.78, 5) is 17.6. The van der Waals surface area contributed by atoms with Crippen LogP contribution in [-0.4, -0.2) is 35.0 Å². The summed E-state index contributed by atoms with van der Waals surface area (Å²) in [5.74, 6) is 1.34. The van der Waals surface area contributed by atoms with Gasteiger partial charge in [0.05, 0.1) is 31.5 Å². The molecule has 1 fully saturated rings. The molecule has 1 aromatic heterocycles. The highest BCUT2D eigenvalue weighted by atomic mass is 32.2. The largest absolute Gasteiger partial charge is 0.496 e. The summed E-state index contributed by atoms with van der Waals surface area (Å²) < 4.78 is 18.4. The van der Waals surface area contributed by atoms with Crippen molar-refractivity contribution in [3.05, 3.63) is 120 Å². The molecule has 2 heterocycles. The minimum Gasteiger partial charge on any atom is -0.496 e. The van der Waals surface area contributed by atoms with E-state index in [9.17, 15) is 9.90 Å². The molecule has 1 aliphatic heterocycles. The first kappa shape index (κ1) is 26.9. The number of pyridine rings is 1. The zero-order valence-corrected chi connectivity index (χ0v) is 22.3. The van der Waals surface area contributed by atoms with E-state index in [-0.39, 0.29) is 24.7 Å². The lowest BCUT2D eigenvalue weighted by Crippen LogP contribution is -2.31. The number of hydrogen-bond donors (Lipinski definition) is 2. The first-order valence-corrected chi connectivity index (χ1v) is 13.7. The van der Waals surface area contributed by atoms with E-state index in [4.69, 9.17) is 14.2 Å². The molecule has 0 spiro atoms. The fraction of sp³-hybridized carbons (Fsp3) is 0.226. The smallest absolute Gasteiger partial charge is 0.257 e. The van der Waals surface area contributed by atoms with Crippen LogP contribution in [0.25, 0.3) is 0 Å². The monoisotopic (exact) mass is 542 g/mol. The number of anilines is 1. The Morgan fingerprint density at radius 1 is 1.00 bits per heavy atom. The Kier molecular flexibility index (Phi) is 8.90. The highest BCUT2D eigenvalue weighted by Gasteiger charge is 2.32. The first-order valence-electron chi connectivity index (χ1n) is 12.7. The number of aromatic nitrogens is 1. The Bertz CT molecular complexity index is 1370. The van der Waals surface area contributed by atoms with Gasteiger partial charge in [0.25, 0.3) is 5.91 Å². The van der Waals surface area contributed by atoms with Crippen LogP contribution in [0, 0.1) is 0 Å². The summed E-state index contributed by atoms with van der Waals surface area (Å²) >= 11 is 1.69. The van der Waals surface area contributed by atoms with Crippen molar-refractivity contribution in [3.63, 3.8) is 0 Å². The lowest BCUT2D eigenvalue weighted by molar-refractivity contribution is -0.245. The Morgan fingerprint density at radius 3 is 2.49 bits per heavy atom. The minimum atomic E-state index is -0.576. The molecule has 4 aromatic rings. The summed E-state index contributed by atoms with van der Waals surface area (Å²) in [5, 5.41) is 12.3. The van der Waals surface area contributed by atoms with Gasteiger partial charge in [-0.25, -0.2) is 0 Å². The molecular weight excluding hydrogens is 512 g/mol. The summed E-state index contributed by atoms with van der Waals surface area (Å²) in [6, 6.07) is 26.7. The molecule has 7 nitrogen and oxygen atoms in total. The van der Waals surface area contributed by atoms with E-state index in [0.717, 1.165) is 33.1 Å². The number of carbonyl (C=O) groups excluding carboxylic acids is 1. The molecule has 3 unspecified atom stereocenters. The maximum atomic E-state index is 12.5. The van der Waals surface area contributed by atoms with E-state index in [1.807, 2.05) is 72.8 Å². The van der Waals surface area contributed by atoms with Gasteiger partial charge in [-0.05, 0) is 47.5 Å². The fourth-order valence-electron chi connectivity index (χ4n) is 4.37. The van der Waals surface area contributed by atoms with Gasteiger partial charge >= 0.3 is 0 Å². The van der Waals surface area contributed by atoms with Gasteiger partial charge in [0, 0.05) is 40.7 Å². The van der Waals surface area contributed by atoms with Crippen molar-refractivity contribution in [2.24, 2.45) is 0 Å². The van der Waals surface area contributed by atoms with Gasteiger partial charge in [0.15, 0.2) is 6.29 Å². The summed E-state index contributed by atoms with van der Waals surface area (Å²) in [7, 11) is 1.68. The molecule has 0 saturated carbocycles. The third-order valence-electron chi connectivity index (χ3n) is 6.47. The second kappa shape index (κ2) is 12.9. The molecular formula is C31H30N2O5S. The Hall–Kier alpha value is -3.69. The van der Waals surface area contributed by atoms with E-state index in [0.29, 0.717) is 17.7 Å². The lowest BCUT2D eigenvalue weighted by Gasteiger charge is -2.36. The number of ether oxygens (including phenoxy) is 3. The molecule has 39 heavy (non-hydrogen) atoms. The Morgan fingerprint density at radius 2 is 1.77 bits per heavy atom. The van der Waals surface area contributed by atoms with Crippen LogP contribution >= 0.6 is 11.8 Å². The van der Waals surface area contributed by atoms with Gasteiger partial charge in [0.2, 0.25) is 0 Å².